The van der Waals surface area contributed by atoms with Gasteiger partial charge in [0.1, 0.15) is 0 Å². The van der Waals surface area contributed by atoms with Crippen LogP contribution in [0.25, 0.3) is 0 Å². The third-order valence-corrected chi connectivity index (χ3v) is 8.40. The van der Waals surface area contributed by atoms with Gasteiger partial charge in [0, 0.05) is 42.5 Å². The second-order valence-corrected chi connectivity index (χ2v) is 10.5. The average Bonchev–Trinajstić information content (AvgIpc) is 3.22. The van der Waals surface area contributed by atoms with Crippen LogP contribution in [0.2, 0.25) is 0 Å². The molecule has 2 aliphatic rings. The Morgan fingerprint density at radius 2 is 2.04 bits per heavy atom. The van der Waals surface area contributed by atoms with Crippen LogP contribution >= 0.6 is 11.3 Å². The van der Waals surface area contributed by atoms with Gasteiger partial charge >= 0.3 is 6.03 Å². The smallest absolute Gasteiger partial charge is 0.317 e. The van der Waals surface area contributed by atoms with E-state index in [9.17, 15) is 13.2 Å². The summed E-state index contributed by atoms with van der Waals surface area (Å²) in [5, 5.41) is 5.10. The zero-order chi connectivity index (χ0) is 18.1. The zero-order valence-corrected chi connectivity index (χ0v) is 16.5. The Labute approximate surface area is 154 Å². The van der Waals surface area contributed by atoms with Gasteiger partial charge in [-0.1, -0.05) is 19.9 Å². The summed E-state index contributed by atoms with van der Waals surface area (Å²) in [6.07, 6.45) is 2.17. The van der Waals surface area contributed by atoms with Crippen molar-refractivity contribution in [2.45, 2.75) is 44.6 Å². The molecule has 8 heteroatoms. The van der Waals surface area contributed by atoms with Gasteiger partial charge < -0.3 is 10.2 Å². The van der Waals surface area contributed by atoms with Crippen LogP contribution in [0.4, 0.5) is 4.79 Å². The average molecular weight is 386 g/mol. The number of carbonyl (C=O) groups is 1. The molecule has 0 atom stereocenters. The number of sulfonamides is 1. The van der Waals surface area contributed by atoms with Crippen LogP contribution in [0.15, 0.2) is 17.5 Å². The molecule has 0 aromatic carbocycles. The Hall–Kier alpha value is -1.12. The Balaban J connectivity index is 1.49. The summed E-state index contributed by atoms with van der Waals surface area (Å²) in [5.41, 5.74) is -0.0915. The summed E-state index contributed by atoms with van der Waals surface area (Å²) in [7, 11) is -3.06. The molecule has 0 unspecified atom stereocenters. The molecule has 140 valence electrons. The molecule has 0 aliphatic carbocycles. The Bertz CT molecular complexity index is 693. The van der Waals surface area contributed by atoms with Gasteiger partial charge in [0.2, 0.25) is 10.0 Å². The van der Waals surface area contributed by atoms with Crippen molar-refractivity contribution in [3.05, 3.63) is 22.4 Å². The fraction of sp³-hybridized carbons (Fsp3) is 0.706. The lowest BCUT2D eigenvalue weighted by atomic mass is 9.91. The molecule has 25 heavy (non-hydrogen) atoms. The molecule has 1 aromatic rings. The van der Waals surface area contributed by atoms with Gasteiger partial charge in [0.05, 0.1) is 5.75 Å². The minimum atomic E-state index is -3.06. The number of likely N-dealkylation sites (tertiary alicyclic amines) is 1. The molecule has 2 aliphatic heterocycles. The van der Waals surface area contributed by atoms with Crippen molar-refractivity contribution in [2.75, 3.05) is 31.9 Å². The maximum atomic E-state index is 12.5. The van der Waals surface area contributed by atoms with Crippen molar-refractivity contribution in [1.29, 1.82) is 0 Å². The molecule has 6 nitrogen and oxygen atoms in total. The standard InChI is InChI=1S/C17H27N3O3S2/c1-17(2,15-5-3-11-24-15)13-18-16(21)19-9-6-14(7-10-19)20-8-4-12-25(20,22)23/h3,5,11,14H,4,6-10,12-13H2,1-2H3,(H,18,21). The first-order chi connectivity index (χ1) is 11.8. The second kappa shape index (κ2) is 7.25. The van der Waals surface area contributed by atoms with Crippen molar-refractivity contribution in [3.63, 3.8) is 0 Å². The van der Waals surface area contributed by atoms with Gasteiger partial charge in [-0.25, -0.2) is 13.2 Å². The van der Waals surface area contributed by atoms with Crippen molar-refractivity contribution in [1.82, 2.24) is 14.5 Å². The molecule has 0 saturated carbocycles. The Morgan fingerprint density at radius 1 is 1.32 bits per heavy atom. The van der Waals surface area contributed by atoms with Gasteiger partial charge in [-0.2, -0.15) is 4.31 Å². The minimum absolute atomic E-state index is 0.0487. The van der Waals surface area contributed by atoms with E-state index in [1.807, 2.05) is 11.0 Å². The Kier molecular flexibility index (Phi) is 5.41. The summed E-state index contributed by atoms with van der Waals surface area (Å²) in [6.45, 7) is 6.71. The van der Waals surface area contributed by atoms with Gasteiger partial charge in [-0.05, 0) is 30.7 Å². The van der Waals surface area contributed by atoms with Crippen LogP contribution < -0.4 is 5.32 Å². The lowest BCUT2D eigenvalue weighted by Gasteiger charge is -2.36. The number of rotatable bonds is 4. The highest BCUT2D eigenvalue weighted by molar-refractivity contribution is 7.89. The maximum absolute atomic E-state index is 12.5. The van der Waals surface area contributed by atoms with Crippen molar-refractivity contribution in [3.8, 4) is 0 Å². The Morgan fingerprint density at radius 3 is 2.60 bits per heavy atom. The number of piperidine rings is 1. The van der Waals surface area contributed by atoms with E-state index >= 15 is 0 Å². The highest BCUT2D eigenvalue weighted by atomic mass is 32.2. The molecule has 2 saturated heterocycles. The van der Waals surface area contributed by atoms with E-state index in [0.29, 0.717) is 26.2 Å². The van der Waals surface area contributed by atoms with Crippen LogP contribution in [-0.2, 0) is 15.4 Å². The summed E-state index contributed by atoms with van der Waals surface area (Å²) in [6, 6.07) is 4.13. The quantitative estimate of drug-likeness (QED) is 0.864. The minimum Gasteiger partial charge on any atom is -0.337 e. The summed E-state index contributed by atoms with van der Waals surface area (Å²) < 4.78 is 25.7. The van der Waals surface area contributed by atoms with Crippen molar-refractivity contribution in [2.24, 2.45) is 0 Å². The fourth-order valence-electron chi connectivity index (χ4n) is 3.58. The zero-order valence-electron chi connectivity index (χ0n) is 14.9. The highest BCUT2D eigenvalue weighted by Gasteiger charge is 2.36. The number of hydrogen-bond donors (Lipinski definition) is 1. The molecule has 3 heterocycles. The van der Waals surface area contributed by atoms with Crippen LogP contribution in [-0.4, -0.2) is 61.6 Å². The van der Waals surface area contributed by atoms with Gasteiger partial charge in [-0.3, -0.25) is 0 Å². The highest BCUT2D eigenvalue weighted by Crippen LogP contribution is 2.27. The van der Waals surface area contributed by atoms with Gasteiger partial charge in [0.25, 0.3) is 0 Å². The lowest BCUT2D eigenvalue weighted by Crippen LogP contribution is -2.51. The van der Waals surface area contributed by atoms with E-state index in [4.69, 9.17) is 0 Å². The van der Waals surface area contributed by atoms with Crippen molar-refractivity contribution < 1.29 is 13.2 Å². The molecular formula is C17H27N3O3S2. The molecule has 1 aromatic heterocycles. The topological polar surface area (TPSA) is 69.7 Å². The molecule has 0 bridgehead atoms. The summed E-state index contributed by atoms with van der Waals surface area (Å²) >= 11 is 1.70. The van der Waals surface area contributed by atoms with E-state index in [1.54, 1.807) is 15.6 Å². The van der Waals surface area contributed by atoms with Gasteiger partial charge in [0.15, 0.2) is 0 Å². The number of carbonyl (C=O) groups excluding carboxylic acids is 1. The summed E-state index contributed by atoms with van der Waals surface area (Å²) in [5.74, 6) is 0.269. The maximum Gasteiger partial charge on any atom is 0.317 e. The van der Waals surface area contributed by atoms with Gasteiger partial charge in [-0.15, -0.1) is 11.3 Å². The van der Waals surface area contributed by atoms with Crippen LogP contribution in [0.1, 0.15) is 38.0 Å². The molecule has 0 spiro atoms. The first-order valence-corrected chi connectivity index (χ1v) is 11.3. The van der Waals surface area contributed by atoms with E-state index in [0.717, 1.165) is 19.3 Å². The number of hydrogen-bond acceptors (Lipinski definition) is 4. The number of thiophene rings is 1. The predicted octanol–water partition coefficient (Wildman–Crippen LogP) is 2.24. The van der Waals surface area contributed by atoms with Crippen LogP contribution in [0.3, 0.4) is 0 Å². The van der Waals surface area contributed by atoms with E-state index in [1.165, 1.54) is 4.88 Å². The number of urea groups is 1. The third-order valence-electron chi connectivity index (χ3n) is 5.17. The fourth-order valence-corrected chi connectivity index (χ4v) is 6.24. The number of amides is 2. The summed E-state index contributed by atoms with van der Waals surface area (Å²) in [4.78, 5) is 15.5. The normalized spacial score (nSPS) is 22.2. The SMILES string of the molecule is CC(C)(CNC(=O)N1CCC(N2CCCS2(=O)=O)CC1)c1cccs1. The van der Waals surface area contributed by atoms with E-state index in [-0.39, 0.29) is 23.2 Å². The largest absolute Gasteiger partial charge is 0.337 e. The monoisotopic (exact) mass is 385 g/mol. The molecule has 0 radical (unpaired) electrons. The molecule has 2 fully saturated rings. The van der Waals surface area contributed by atoms with E-state index < -0.39 is 10.0 Å². The first kappa shape index (κ1) is 18.7. The molecule has 3 rings (SSSR count). The van der Waals surface area contributed by atoms with Crippen LogP contribution in [0.5, 0.6) is 0 Å². The molecular weight excluding hydrogens is 358 g/mol. The van der Waals surface area contributed by atoms with Crippen molar-refractivity contribution >= 4 is 27.4 Å². The number of nitrogens with zero attached hydrogens (tertiary/aromatic N) is 2. The first-order valence-electron chi connectivity index (χ1n) is 8.86. The van der Waals surface area contributed by atoms with E-state index in [2.05, 4.69) is 30.6 Å². The molecule has 1 N–H and O–H groups in total. The lowest BCUT2D eigenvalue weighted by molar-refractivity contribution is 0.159. The number of nitrogens with one attached hydrogen (secondary N) is 1. The molecule has 2 amide bonds. The van der Waals surface area contributed by atoms with Crippen LogP contribution in [0, 0.1) is 0 Å². The third kappa shape index (κ3) is 4.17. The predicted molar refractivity (Wildman–Crippen MR) is 100 cm³/mol. The second-order valence-electron chi connectivity index (χ2n) is 7.52.